The number of anilines is 5. The minimum atomic E-state index is -0.702. The molecule has 0 unspecified atom stereocenters. The molecule has 0 atom stereocenters. The third-order valence-corrected chi connectivity index (χ3v) is 12.1. The lowest BCUT2D eigenvalue weighted by molar-refractivity contribution is 0.0231. The van der Waals surface area contributed by atoms with Gasteiger partial charge in [-0.15, -0.1) is 0 Å². The van der Waals surface area contributed by atoms with Crippen LogP contribution in [0.5, 0.6) is 0 Å². The van der Waals surface area contributed by atoms with E-state index in [1.165, 1.54) is 5.69 Å². The van der Waals surface area contributed by atoms with E-state index in [4.69, 9.17) is 38.4 Å². The zero-order valence-corrected chi connectivity index (χ0v) is 41.2. The number of fused-ring (bicyclic) bond motifs is 2. The lowest BCUT2D eigenvalue weighted by Crippen LogP contribution is -2.44. The van der Waals surface area contributed by atoms with Crippen molar-refractivity contribution in [3.05, 3.63) is 97.7 Å². The fraction of sp³-hybridized carbons (Fsp3) is 0.435. The van der Waals surface area contributed by atoms with Crippen LogP contribution in [0.25, 0.3) is 0 Å². The lowest BCUT2D eigenvalue weighted by Gasteiger charge is -2.33. The van der Waals surface area contributed by atoms with Crippen LogP contribution < -0.4 is 20.9 Å². The van der Waals surface area contributed by atoms with E-state index >= 15 is 0 Å². The molecule has 2 fully saturated rings. The first kappa shape index (κ1) is 49.2. The summed E-state index contributed by atoms with van der Waals surface area (Å²) >= 11 is 15.7. The van der Waals surface area contributed by atoms with Crippen molar-refractivity contribution in [2.24, 2.45) is 0 Å². The Morgan fingerprint density at radius 2 is 1.09 bits per heavy atom. The number of pyridine rings is 2. The number of aromatic nitrogens is 2. The Morgan fingerprint density at radius 3 is 1.52 bits per heavy atom. The Bertz CT molecular complexity index is 2380. The van der Waals surface area contributed by atoms with E-state index in [9.17, 15) is 19.2 Å². The molecule has 0 aliphatic carbocycles. The predicted octanol–water partition coefficient (Wildman–Crippen LogP) is 8.53. The minimum Gasteiger partial charge on any atom is -0.443 e. The van der Waals surface area contributed by atoms with Crippen molar-refractivity contribution >= 4 is 91.8 Å². The molecule has 348 valence electrons. The Kier molecular flexibility index (Phi) is 15.6. The van der Waals surface area contributed by atoms with E-state index < -0.39 is 35.2 Å². The topological polar surface area (TPSA) is 170 Å². The SMILES string of the molecule is CC(C)(C)OC(=O)N1Cc2c(Cl)ccc(Br)c2C1=O.CN1CCN(c2ccc(N)nc2)CC1.CN1CCN(c2ccc(Nc3ccc(Cl)c4c3C(=O)N(C(=O)OC(C)(C)C)C4)nc2)CC1. The number of hydrogen-bond acceptors (Lipinski definition) is 14. The lowest BCUT2D eigenvalue weighted by atomic mass is 10.1. The Labute approximate surface area is 399 Å². The highest BCUT2D eigenvalue weighted by Crippen LogP contribution is 2.37. The number of amides is 4. The van der Waals surface area contributed by atoms with E-state index in [0.717, 1.165) is 67.8 Å². The quantitative estimate of drug-likeness (QED) is 0.199. The maximum atomic E-state index is 13.1. The van der Waals surface area contributed by atoms with Gasteiger partial charge in [-0.2, -0.15) is 0 Å². The van der Waals surface area contributed by atoms with Crippen LogP contribution in [0.2, 0.25) is 10.0 Å². The summed E-state index contributed by atoms with van der Waals surface area (Å²) in [6.07, 6.45) is 2.34. The highest BCUT2D eigenvalue weighted by atomic mass is 79.9. The molecule has 0 bridgehead atoms. The molecule has 4 aromatic rings. The molecule has 2 saturated heterocycles. The number of carbonyl (C=O) groups is 4. The van der Waals surface area contributed by atoms with Gasteiger partial charge in [0.2, 0.25) is 0 Å². The molecule has 4 aliphatic heterocycles. The minimum absolute atomic E-state index is 0.0766. The molecule has 6 heterocycles. The second-order valence-corrected chi connectivity index (χ2v) is 19.8. The molecule has 2 aromatic carbocycles. The number of ether oxygens (including phenoxy) is 2. The van der Waals surface area contributed by atoms with Crippen LogP contribution in [-0.4, -0.2) is 131 Å². The van der Waals surface area contributed by atoms with Gasteiger partial charge in [0.25, 0.3) is 11.8 Å². The van der Waals surface area contributed by atoms with Crippen LogP contribution in [0, 0.1) is 0 Å². The van der Waals surface area contributed by atoms with Gasteiger partial charge in [-0.3, -0.25) is 9.59 Å². The largest absolute Gasteiger partial charge is 0.443 e. The monoisotopic (exact) mass is 994 g/mol. The second kappa shape index (κ2) is 20.5. The average molecular weight is 997 g/mol. The third-order valence-electron chi connectivity index (χ3n) is 10.8. The van der Waals surface area contributed by atoms with Gasteiger partial charge in [0.1, 0.15) is 22.8 Å². The highest BCUT2D eigenvalue weighted by Gasteiger charge is 2.39. The molecular weight excluding hydrogens is 939 g/mol. The number of rotatable bonds is 4. The van der Waals surface area contributed by atoms with Gasteiger partial charge in [-0.1, -0.05) is 23.2 Å². The smallest absolute Gasteiger partial charge is 0.417 e. The highest BCUT2D eigenvalue weighted by molar-refractivity contribution is 9.10. The van der Waals surface area contributed by atoms with Crippen LogP contribution in [0.15, 0.2) is 65.4 Å². The second-order valence-electron chi connectivity index (χ2n) is 18.1. The molecule has 0 saturated carbocycles. The van der Waals surface area contributed by atoms with Crippen LogP contribution >= 0.6 is 39.1 Å². The zero-order chi connectivity index (χ0) is 47.4. The standard InChI is InChI=1S/C23H28ClN5O3.C13H13BrClNO3.C10H16N4/c1-23(2,3)32-22(31)29-14-16-17(24)6-7-18(20(16)21(29)30)26-19-8-5-15(13-25-19)28-11-9-27(4)10-12-28;1-13(2,3)19-12(18)16-6-7-9(15)5-4-8(14)10(7)11(16)17;1-13-4-6-14(7-5-13)9-2-3-10(11)12-8-9/h5-8,13H,9-12,14H2,1-4H3,(H,25,26);4-5H,6H2,1-3H3;2-3,8H,4-7H2,1H3,(H2,11,12). The summed E-state index contributed by atoms with van der Waals surface area (Å²) in [6, 6.07) is 14.6. The first-order chi connectivity index (χ1) is 30.6. The van der Waals surface area contributed by atoms with E-state index in [2.05, 4.69) is 64.9 Å². The summed E-state index contributed by atoms with van der Waals surface area (Å²) in [5.74, 6) is 0.366. The zero-order valence-electron chi connectivity index (χ0n) is 38.1. The molecule has 8 rings (SSSR count). The molecule has 0 radical (unpaired) electrons. The van der Waals surface area contributed by atoms with Gasteiger partial charge < -0.3 is 40.1 Å². The maximum absolute atomic E-state index is 13.1. The molecule has 4 amide bonds. The number of nitrogens with zero attached hydrogens (tertiary/aromatic N) is 8. The van der Waals surface area contributed by atoms with Crippen molar-refractivity contribution in [3.63, 3.8) is 0 Å². The number of imide groups is 2. The Hall–Kier alpha value is -5.20. The van der Waals surface area contributed by atoms with E-state index in [-0.39, 0.29) is 13.1 Å². The maximum Gasteiger partial charge on any atom is 0.417 e. The number of nitrogens with one attached hydrogen (secondary N) is 1. The third kappa shape index (κ3) is 12.6. The van der Waals surface area contributed by atoms with Crippen molar-refractivity contribution < 1.29 is 28.7 Å². The molecule has 4 aliphatic rings. The van der Waals surface area contributed by atoms with Crippen molar-refractivity contribution in [2.75, 3.05) is 87.3 Å². The molecule has 16 nitrogen and oxygen atoms in total. The summed E-state index contributed by atoms with van der Waals surface area (Å²) in [5, 5.41) is 4.11. The Morgan fingerprint density at radius 1 is 0.646 bits per heavy atom. The molecule has 3 N–H and O–H groups in total. The number of piperazine rings is 2. The van der Waals surface area contributed by atoms with E-state index in [1.54, 1.807) is 65.8 Å². The van der Waals surface area contributed by atoms with Crippen molar-refractivity contribution in [1.82, 2.24) is 29.6 Å². The number of likely N-dealkylation sites (N-methyl/N-ethyl adjacent to an activating group) is 2. The summed E-state index contributed by atoms with van der Waals surface area (Å²) < 4.78 is 11.2. The number of carbonyl (C=O) groups excluding carboxylic acids is 4. The predicted molar refractivity (Wildman–Crippen MR) is 258 cm³/mol. The van der Waals surface area contributed by atoms with Crippen LogP contribution in [0.1, 0.15) is 73.4 Å². The molecule has 19 heteroatoms. The van der Waals surface area contributed by atoms with Crippen molar-refractivity contribution in [3.8, 4) is 0 Å². The number of hydrogen-bond donors (Lipinski definition) is 2. The molecular formula is C46H57BrCl2N10O6. The normalized spacial score (nSPS) is 16.5. The first-order valence-corrected chi connectivity index (χ1v) is 22.8. The molecule has 0 spiro atoms. The fourth-order valence-corrected chi connectivity index (χ4v) is 8.24. The van der Waals surface area contributed by atoms with Crippen molar-refractivity contribution in [1.29, 1.82) is 0 Å². The summed E-state index contributed by atoms with van der Waals surface area (Å²) in [7, 11) is 4.27. The summed E-state index contributed by atoms with van der Waals surface area (Å²) in [6.45, 7) is 19.1. The average Bonchev–Trinajstić information content (AvgIpc) is 3.79. The van der Waals surface area contributed by atoms with Crippen molar-refractivity contribution in [2.45, 2.75) is 65.8 Å². The van der Waals surface area contributed by atoms with Gasteiger partial charge in [-0.25, -0.2) is 29.4 Å². The number of nitrogen functional groups attached to an aromatic ring is 1. The number of halogens is 3. The summed E-state index contributed by atoms with van der Waals surface area (Å²) in [5.41, 5.74) is 9.03. The van der Waals surface area contributed by atoms with Gasteiger partial charge in [-0.05, 0) is 120 Å². The van der Waals surface area contributed by atoms with Crippen LogP contribution in [0.4, 0.5) is 38.3 Å². The van der Waals surface area contributed by atoms with Crippen LogP contribution in [-0.2, 0) is 22.6 Å². The summed E-state index contributed by atoms with van der Waals surface area (Å²) in [4.78, 5) is 69.9. The Balaban J connectivity index is 0.000000179. The number of benzene rings is 2. The molecule has 2 aromatic heterocycles. The van der Waals surface area contributed by atoms with Gasteiger partial charge in [0.15, 0.2) is 0 Å². The number of nitrogens with two attached hydrogens (primary N) is 1. The van der Waals surface area contributed by atoms with E-state index in [0.29, 0.717) is 54.1 Å². The van der Waals surface area contributed by atoms with E-state index in [1.807, 2.05) is 36.7 Å². The molecule has 65 heavy (non-hydrogen) atoms. The van der Waals surface area contributed by atoms with Gasteiger partial charge >= 0.3 is 12.2 Å². The van der Waals surface area contributed by atoms with Gasteiger partial charge in [0.05, 0.1) is 53.7 Å². The van der Waals surface area contributed by atoms with Crippen LogP contribution in [0.3, 0.4) is 0 Å². The van der Waals surface area contributed by atoms with Gasteiger partial charge in [0, 0.05) is 78.0 Å². The first-order valence-electron chi connectivity index (χ1n) is 21.3. The fourth-order valence-electron chi connectivity index (χ4n) is 7.26.